The number of benzene rings is 1. The van der Waals surface area contributed by atoms with E-state index in [1.165, 1.54) is 10.1 Å². The maximum atomic E-state index is 12.0. The molecule has 15 heavy (non-hydrogen) atoms. The lowest BCUT2D eigenvalue weighted by atomic mass is 9.99. The maximum Gasteiger partial charge on any atom is 0.167 e. The summed E-state index contributed by atoms with van der Waals surface area (Å²) in [6.07, 6.45) is 0. The number of hydrogen-bond donors (Lipinski definition) is 0. The first-order valence-electron chi connectivity index (χ1n) is 4.94. The molecule has 1 aliphatic heterocycles. The molecule has 1 nitrogen and oxygen atoms in total. The normalized spacial score (nSPS) is 16.5. The molecule has 1 aromatic carbocycles. The molecule has 0 amide bonds. The molecule has 0 unspecified atom stereocenters. The highest BCUT2D eigenvalue weighted by molar-refractivity contribution is 8.00. The van der Waals surface area contributed by atoms with Gasteiger partial charge in [-0.2, -0.15) is 11.8 Å². The quantitative estimate of drug-likeness (QED) is 0.740. The predicted octanol–water partition coefficient (Wildman–Crippen LogP) is 3.45. The molecule has 0 spiro atoms. The van der Waals surface area contributed by atoms with Crippen molar-refractivity contribution < 1.29 is 4.79 Å². The molecule has 2 heterocycles. The van der Waals surface area contributed by atoms with Gasteiger partial charge in [-0.3, -0.25) is 4.79 Å². The van der Waals surface area contributed by atoms with Gasteiger partial charge >= 0.3 is 0 Å². The smallest absolute Gasteiger partial charge is 0.167 e. The van der Waals surface area contributed by atoms with E-state index < -0.39 is 0 Å². The Labute approximate surface area is 96.5 Å². The molecular formula is C12H10OS2. The Hall–Kier alpha value is -0.800. The van der Waals surface area contributed by atoms with E-state index in [0.29, 0.717) is 5.78 Å². The van der Waals surface area contributed by atoms with Crippen molar-refractivity contribution in [1.29, 1.82) is 0 Å². The summed E-state index contributed by atoms with van der Waals surface area (Å²) in [5.41, 5.74) is 0.881. The van der Waals surface area contributed by atoms with Crippen molar-refractivity contribution in [2.45, 2.75) is 0 Å². The molecular weight excluding hydrogens is 224 g/mol. The van der Waals surface area contributed by atoms with Gasteiger partial charge in [-0.15, -0.1) is 11.3 Å². The van der Waals surface area contributed by atoms with Crippen molar-refractivity contribution >= 4 is 39.0 Å². The van der Waals surface area contributed by atoms with E-state index in [1.54, 1.807) is 11.3 Å². The topological polar surface area (TPSA) is 17.1 Å². The van der Waals surface area contributed by atoms with Gasteiger partial charge in [-0.05, 0) is 35.0 Å². The van der Waals surface area contributed by atoms with E-state index in [2.05, 4.69) is 17.5 Å². The average Bonchev–Trinajstić information content (AvgIpc) is 2.61. The number of fused-ring (bicyclic) bond motifs is 1. The Kier molecular flexibility index (Phi) is 2.29. The summed E-state index contributed by atoms with van der Waals surface area (Å²) in [5.74, 6) is 2.59. The Morgan fingerprint density at radius 1 is 1.27 bits per heavy atom. The summed E-state index contributed by atoms with van der Waals surface area (Å²) in [5, 5.41) is 3.26. The van der Waals surface area contributed by atoms with Gasteiger partial charge in [0, 0.05) is 27.7 Å². The molecule has 1 aromatic heterocycles. The lowest BCUT2D eigenvalue weighted by molar-refractivity contribution is 0.0939. The van der Waals surface area contributed by atoms with Crippen LogP contribution >= 0.6 is 23.1 Å². The zero-order valence-corrected chi connectivity index (χ0v) is 9.74. The van der Waals surface area contributed by atoms with Crippen LogP contribution in [0.5, 0.6) is 0 Å². The van der Waals surface area contributed by atoms with Crippen molar-refractivity contribution in [2.75, 3.05) is 11.5 Å². The van der Waals surface area contributed by atoms with Gasteiger partial charge in [0.15, 0.2) is 5.78 Å². The molecule has 3 rings (SSSR count). The molecule has 1 saturated heterocycles. The number of thioether (sulfide) groups is 1. The summed E-state index contributed by atoms with van der Waals surface area (Å²) >= 11 is 3.58. The van der Waals surface area contributed by atoms with Crippen molar-refractivity contribution in [2.24, 2.45) is 5.92 Å². The number of Topliss-reactive ketones (excluding diaryl/α,β-unsaturated/α-hetero) is 1. The standard InChI is InChI=1S/C12H10OS2/c13-12(10-6-14-7-10)9-1-2-11-8(5-9)3-4-15-11/h1-5,10H,6-7H2. The van der Waals surface area contributed by atoms with Crippen molar-refractivity contribution in [3.8, 4) is 0 Å². The Bertz CT molecular complexity index is 511. The average molecular weight is 234 g/mol. The van der Waals surface area contributed by atoms with Gasteiger partial charge in [0.25, 0.3) is 0 Å². The molecule has 2 aromatic rings. The van der Waals surface area contributed by atoms with Crippen LogP contribution in [0.25, 0.3) is 10.1 Å². The summed E-state index contributed by atoms with van der Waals surface area (Å²) in [6, 6.07) is 8.12. The Balaban J connectivity index is 1.99. The van der Waals surface area contributed by atoms with Gasteiger partial charge < -0.3 is 0 Å². The van der Waals surface area contributed by atoms with E-state index in [0.717, 1.165) is 17.1 Å². The second kappa shape index (κ2) is 3.65. The molecule has 3 heteroatoms. The van der Waals surface area contributed by atoms with Gasteiger partial charge in [0.1, 0.15) is 0 Å². The zero-order chi connectivity index (χ0) is 10.3. The minimum Gasteiger partial charge on any atom is -0.294 e. The number of ketones is 1. The fourth-order valence-corrected chi connectivity index (χ4v) is 3.29. The van der Waals surface area contributed by atoms with Crippen molar-refractivity contribution in [3.05, 3.63) is 35.2 Å². The van der Waals surface area contributed by atoms with Gasteiger partial charge in [0.2, 0.25) is 0 Å². The van der Waals surface area contributed by atoms with Crippen molar-refractivity contribution in [3.63, 3.8) is 0 Å². The minimum absolute atomic E-state index is 0.270. The lowest BCUT2D eigenvalue weighted by Gasteiger charge is -2.23. The molecule has 0 radical (unpaired) electrons. The number of thiophene rings is 1. The third kappa shape index (κ3) is 1.60. The number of carbonyl (C=O) groups excluding carboxylic acids is 1. The second-order valence-electron chi connectivity index (χ2n) is 3.77. The molecule has 0 N–H and O–H groups in total. The third-order valence-corrected chi connectivity index (χ3v) is 4.92. The van der Waals surface area contributed by atoms with Crippen LogP contribution in [-0.2, 0) is 0 Å². The van der Waals surface area contributed by atoms with Crippen LogP contribution in [-0.4, -0.2) is 17.3 Å². The summed E-state index contributed by atoms with van der Waals surface area (Å²) in [7, 11) is 0. The second-order valence-corrected chi connectivity index (χ2v) is 5.79. The molecule has 1 fully saturated rings. The minimum atomic E-state index is 0.270. The van der Waals surface area contributed by atoms with E-state index in [4.69, 9.17) is 0 Å². The van der Waals surface area contributed by atoms with Crippen LogP contribution in [0.1, 0.15) is 10.4 Å². The van der Waals surface area contributed by atoms with Gasteiger partial charge in [-0.25, -0.2) is 0 Å². The highest BCUT2D eigenvalue weighted by Crippen LogP contribution is 2.29. The molecule has 0 saturated carbocycles. The Morgan fingerprint density at radius 3 is 2.87 bits per heavy atom. The third-order valence-electron chi connectivity index (χ3n) is 2.75. The molecule has 0 aliphatic carbocycles. The van der Waals surface area contributed by atoms with E-state index >= 15 is 0 Å². The summed E-state index contributed by atoms with van der Waals surface area (Å²) in [6.45, 7) is 0. The summed E-state index contributed by atoms with van der Waals surface area (Å²) < 4.78 is 1.26. The SMILES string of the molecule is O=C(c1ccc2sccc2c1)C1CSC1. The van der Waals surface area contributed by atoms with Crippen LogP contribution in [0, 0.1) is 5.92 Å². The maximum absolute atomic E-state index is 12.0. The fraction of sp³-hybridized carbons (Fsp3) is 0.250. The molecule has 0 bridgehead atoms. The molecule has 0 atom stereocenters. The predicted molar refractivity (Wildman–Crippen MR) is 67.0 cm³/mol. The first kappa shape index (κ1) is 9.43. The van der Waals surface area contributed by atoms with Crippen LogP contribution in [0.2, 0.25) is 0 Å². The van der Waals surface area contributed by atoms with Crippen molar-refractivity contribution in [1.82, 2.24) is 0 Å². The largest absolute Gasteiger partial charge is 0.294 e. The first-order chi connectivity index (χ1) is 7.34. The van der Waals surface area contributed by atoms with E-state index in [9.17, 15) is 4.79 Å². The fourth-order valence-electron chi connectivity index (χ4n) is 1.74. The number of hydrogen-bond acceptors (Lipinski definition) is 3. The molecule has 76 valence electrons. The first-order valence-corrected chi connectivity index (χ1v) is 6.97. The van der Waals surface area contributed by atoms with E-state index in [1.807, 2.05) is 23.9 Å². The highest BCUT2D eigenvalue weighted by atomic mass is 32.2. The van der Waals surface area contributed by atoms with Crippen LogP contribution < -0.4 is 0 Å². The number of rotatable bonds is 2. The van der Waals surface area contributed by atoms with Gasteiger partial charge in [-0.1, -0.05) is 0 Å². The van der Waals surface area contributed by atoms with Crippen LogP contribution in [0.15, 0.2) is 29.6 Å². The zero-order valence-electron chi connectivity index (χ0n) is 8.10. The van der Waals surface area contributed by atoms with Gasteiger partial charge in [0.05, 0.1) is 0 Å². The highest BCUT2D eigenvalue weighted by Gasteiger charge is 2.26. The Morgan fingerprint density at radius 2 is 2.13 bits per heavy atom. The summed E-state index contributed by atoms with van der Waals surface area (Å²) in [4.78, 5) is 12.0. The van der Waals surface area contributed by atoms with Crippen LogP contribution in [0.3, 0.4) is 0 Å². The monoisotopic (exact) mass is 234 g/mol. The molecule has 1 aliphatic rings. The lowest BCUT2D eigenvalue weighted by Crippen LogP contribution is -2.27. The van der Waals surface area contributed by atoms with Crippen LogP contribution in [0.4, 0.5) is 0 Å². The number of carbonyl (C=O) groups is 1. The van der Waals surface area contributed by atoms with E-state index in [-0.39, 0.29) is 5.92 Å².